The summed E-state index contributed by atoms with van der Waals surface area (Å²) in [7, 11) is -2.63. The van der Waals surface area contributed by atoms with Crippen LogP contribution in [0.5, 0.6) is 5.75 Å². The number of ether oxygens (including phenoxy) is 1. The second-order valence-electron chi connectivity index (χ2n) is 7.96. The molecule has 4 aromatic rings. The van der Waals surface area contributed by atoms with Gasteiger partial charge in [0.1, 0.15) is 12.3 Å². The largest absolute Gasteiger partial charge is 0.497 e. The number of sulfonamides is 1. The van der Waals surface area contributed by atoms with Gasteiger partial charge >= 0.3 is 0 Å². The highest BCUT2D eigenvalue weighted by Crippen LogP contribution is 2.27. The molecular formula is C28H23ClN2O5S. The highest BCUT2D eigenvalue weighted by molar-refractivity contribution is 7.92. The van der Waals surface area contributed by atoms with Gasteiger partial charge < -0.3 is 10.1 Å². The summed E-state index contributed by atoms with van der Waals surface area (Å²) in [5.74, 6) is -0.462. The Morgan fingerprint density at radius 3 is 2.11 bits per heavy atom. The lowest BCUT2D eigenvalue weighted by atomic mass is 10.0. The molecule has 0 saturated heterocycles. The van der Waals surface area contributed by atoms with E-state index in [1.165, 1.54) is 43.5 Å². The number of ketones is 1. The van der Waals surface area contributed by atoms with Crippen LogP contribution in [0.25, 0.3) is 0 Å². The first-order valence-corrected chi connectivity index (χ1v) is 13.0. The van der Waals surface area contributed by atoms with Crippen LogP contribution in [-0.2, 0) is 14.8 Å². The molecule has 0 aliphatic carbocycles. The summed E-state index contributed by atoms with van der Waals surface area (Å²) < 4.78 is 33.2. The molecule has 1 N–H and O–H groups in total. The smallest absolute Gasteiger partial charge is 0.264 e. The second-order valence-corrected chi connectivity index (χ2v) is 10.3. The summed E-state index contributed by atoms with van der Waals surface area (Å²) in [4.78, 5) is 26.3. The zero-order valence-corrected chi connectivity index (χ0v) is 21.4. The highest BCUT2D eigenvalue weighted by Gasteiger charge is 2.28. The van der Waals surface area contributed by atoms with Crippen LogP contribution in [0.3, 0.4) is 0 Å². The summed E-state index contributed by atoms with van der Waals surface area (Å²) in [5, 5.41) is 3.01. The van der Waals surface area contributed by atoms with E-state index in [0.717, 1.165) is 4.31 Å². The lowest BCUT2D eigenvalue weighted by molar-refractivity contribution is -0.114. The van der Waals surface area contributed by atoms with Crippen molar-refractivity contribution in [2.75, 3.05) is 23.3 Å². The van der Waals surface area contributed by atoms with Gasteiger partial charge in [0, 0.05) is 16.1 Å². The van der Waals surface area contributed by atoms with Crippen molar-refractivity contribution in [3.63, 3.8) is 0 Å². The number of nitrogens with one attached hydrogen (secondary N) is 1. The molecule has 0 aromatic heterocycles. The average Bonchev–Trinajstić information content (AvgIpc) is 2.93. The molecule has 4 aromatic carbocycles. The molecule has 0 unspecified atom stereocenters. The molecule has 7 nitrogen and oxygen atoms in total. The molecule has 0 fully saturated rings. The van der Waals surface area contributed by atoms with Crippen LogP contribution >= 0.6 is 11.6 Å². The first-order valence-electron chi connectivity index (χ1n) is 11.2. The van der Waals surface area contributed by atoms with Crippen molar-refractivity contribution in [2.24, 2.45) is 0 Å². The normalized spacial score (nSPS) is 11.0. The Morgan fingerprint density at radius 2 is 1.49 bits per heavy atom. The zero-order valence-electron chi connectivity index (χ0n) is 19.8. The Hall–Kier alpha value is -4.14. The van der Waals surface area contributed by atoms with Gasteiger partial charge in [0.25, 0.3) is 10.0 Å². The van der Waals surface area contributed by atoms with Crippen molar-refractivity contribution < 1.29 is 22.7 Å². The van der Waals surface area contributed by atoms with Crippen molar-refractivity contribution in [1.82, 2.24) is 0 Å². The van der Waals surface area contributed by atoms with Gasteiger partial charge in [0.2, 0.25) is 5.91 Å². The van der Waals surface area contributed by atoms with E-state index in [0.29, 0.717) is 22.0 Å². The standard InChI is InChI=1S/C28H23ClN2O5S/c1-36-23-13-15-24(16-14-23)37(34,35)31(22-10-6-3-7-11-22)19-27(32)30-26-17-12-21(29)18-25(26)28(33)20-8-4-2-5-9-20/h2-18H,19H2,1H3,(H,30,32). The Bertz CT molecular complexity index is 1510. The number of amides is 1. The first kappa shape index (κ1) is 25.9. The molecule has 0 atom stereocenters. The van der Waals surface area contributed by atoms with Crippen LogP contribution in [0.1, 0.15) is 15.9 Å². The number of nitrogens with zero attached hydrogens (tertiary/aromatic N) is 1. The van der Waals surface area contributed by atoms with E-state index in [2.05, 4.69) is 5.32 Å². The lowest BCUT2D eigenvalue weighted by Gasteiger charge is -2.24. The van der Waals surface area contributed by atoms with Crippen LogP contribution < -0.4 is 14.4 Å². The van der Waals surface area contributed by atoms with Crippen molar-refractivity contribution in [1.29, 1.82) is 0 Å². The molecule has 4 rings (SSSR count). The topological polar surface area (TPSA) is 92.8 Å². The molecule has 37 heavy (non-hydrogen) atoms. The fourth-order valence-corrected chi connectivity index (χ4v) is 5.26. The molecule has 9 heteroatoms. The predicted octanol–water partition coefficient (Wildman–Crippen LogP) is 5.41. The van der Waals surface area contributed by atoms with E-state index in [9.17, 15) is 18.0 Å². The van der Waals surface area contributed by atoms with Crippen LogP contribution in [-0.4, -0.2) is 33.8 Å². The maximum absolute atomic E-state index is 13.6. The molecular weight excluding hydrogens is 512 g/mol. The van der Waals surface area contributed by atoms with Gasteiger partial charge in [-0.3, -0.25) is 13.9 Å². The van der Waals surface area contributed by atoms with Crippen molar-refractivity contribution in [3.05, 3.63) is 119 Å². The number of hydrogen-bond acceptors (Lipinski definition) is 5. The third-order valence-electron chi connectivity index (χ3n) is 5.52. The maximum atomic E-state index is 13.6. The quantitative estimate of drug-likeness (QED) is 0.290. The molecule has 0 heterocycles. The van der Waals surface area contributed by atoms with Gasteiger partial charge in [-0.1, -0.05) is 60.1 Å². The number of para-hydroxylation sites is 1. The number of rotatable bonds is 9. The van der Waals surface area contributed by atoms with Gasteiger partial charge in [0.05, 0.1) is 23.4 Å². The van der Waals surface area contributed by atoms with Crippen LogP contribution in [0.15, 0.2) is 108 Å². The van der Waals surface area contributed by atoms with Gasteiger partial charge in [-0.2, -0.15) is 0 Å². The van der Waals surface area contributed by atoms with Gasteiger partial charge in [-0.15, -0.1) is 0 Å². The number of carbonyl (C=O) groups is 2. The first-order chi connectivity index (χ1) is 17.8. The zero-order chi connectivity index (χ0) is 26.4. The third-order valence-corrected chi connectivity index (χ3v) is 7.54. The number of carbonyl (C=O) groups excluding carboxylic acids is 2. The van der Waals surface area contributed by atoms with Crippen LogP contribution in [0.4, 0.5) is 11.4 Å². The number of benzene rings is 4. The van der Waals surface area contributed by atoms with Crippen molar-refractivity contribution in [2.45, 2.75) is 4.90 Å². The highest BCUT2D eigenvalue weighted by atomic mass is 35.5. The summed E-state index contributed by atoms with van der Waals surface area (Å²) >= 11 is 6.14. The molecule has 0 bridgehead atoms. The van der Waals surface area contributed by atoms with Crippen molar-refractivity contribution in [3.8, 4) is 5.75 Å². The molecule has 0 saturated carbocycles. The van der Waals surface area contributed by atoms with Crippen LogP contribution in [0, 0.1) is 0 Å². The number of anilines is 2. The van der Waals surface area contributed by atoms with E-state index >= 15 is 0 Å². The van der Waals surface area contributed by atoms with Crippen molar-refractivity contribution >= 4 is 44.7 Å². The molecule has 0 aliphatic heterocycles. The van der Waals surface area contributed by atoms with Crippen LogP contribution in [0.2, 0.25) is 5.02 Å². The molecule has 188 valence electrons. The summed E-state index contributed by atoms with van der Waals surface area (Å²) in [5.41, 5.74) is 1.15. The summed E-state index contributed by atoms with van der Waals surface area (Å²) in [6, 6.07) is 27.3. The van der Waals surface area contributed by atoms with E-state index in [-0.39, 0.29) is 21.9 Å². The molecule has 0 aliphatic rings. The Kier molecular flexibility index (Phi) is 7.91. The monoisotopic (exact) mass is 534 g/mol. The van der Waals surface area contributed by atoms with E-state index in [1.807, 2.05) is 0 Å². The van der Waals surface area contributed by atoms with Gasteiger partial charge in [-0.05, 0) is 54.6 Å². The third kappa shape index (κ3) is 5.99. The minimum atomic E-state index is -4.11. The number of methoxy groups -OCH3 is 1. The average molecular weight is 535 g/mol. The summed E-state index contributed by atoms with van der Waals surface area (Å²) in [6.45, 7) is -0.528. The predicted molar refractivity (Wildman–Crippen MR) is 144 cm³/mol. The number of hydrogen-bond donors (Lipinski definition) is 1. The second kappa shape index (κ2) is 11.3. The molecule has 0 radical (unpaired) electrons. The minimum Gasteiger partial charge on any atom is -0.497 e. The maximum Gasteiger partial charge on any atom is 0.264 e. The summed E-state index contributed by atoms with van der Waals surface area (Å²) in [6.07, 6.45) is 0. The minimum absolute atomic E-state index is 0.00334. The fraction of sp³-hybridized carbons (Fsp3) is 0.0714. The van der Waals surface area contributed by atoms with E-state index in [1.54, 1.807) is 66.7 Å². The molecule has 1 amide bonds. The van der Waals surface area contributed by atoms with Gasteiger partial charge in [0.15, 0.2) is 5.78 Å². The van der Waals surface area contributed by atoms with E-state index < -0.39 is 22.5 Å². The number of halogens is 1. The van der Waals surface area contributed by atoms with Gasteiger partial charge in [-0.25, -0.2) is 8.42 Å². The fourth-order valence-electron chi connectivity index (χ4n) is 3.66. The Morgan fingerprint density at radius 1 is 0.865 bits per heavy atom. The SMILES string of the molecule is COc1ccc(S(=O)(=O)N(CC(=O)Nc2ccc(Cl)cc2C(=O)c2ccccc2)c2ccccc2)cc1. The Labute approximate surface area is 220 Å². The van der Waals surface area contributed by atoms with E-state index in [4.69, 9.17) is 16.3 Å². The lowest BCUT2D eigenvalue weighted by Crippen LogP contribution is -2.38. The Balaban J connectivity index is 1.65. The molecule has 0 spiro atoms.